The predicted octanol–water partition coefficient (Wildman–Crippen LogP) is 3.89. The summed E-state index contributed by atoms with van der Waals surface area (Å²) in [7, 11) is 0. The van der Waals surface area contributed by atoms with Crippen molar-refractivity contribution in [2.45, 2.75) is 12.8 Å². The molecular formula is C16H16N2O. The van der Waals surface area contributed by atoms with Crippen LogP contribution in [0.2, 0.25) is 0 Å². The van der Waals surface area contributed by atoms with Crippen molar-refractivity contribution in [2.24, 2.45) is 5.92 Å². The molecule has 0 radical (unpaired) electrons. The number of hydrogen-bond donors (Lipinski definition) is 2. The van der Waals surface area contributed by atoms with Gasteiger partial charge < -0.3 is 10.6 Å². The summed E-state index contributed by atoms with van der Waals surface area (Å²) in [5, 5.41) is 7.83. The van der Waals surface area contributed by atoms with Gasteiger partial charge in [-0.05, 0) is 41.7 Å². The molecule has 0 aliphatic heterocycles. The maximum atomic E-state index is 11.7. The molecule has 2 N–H and O–H groups in total. The summed E-state index contributed by atoms with van der Waals surface area (Å²) >= 11 is 0. The van der Waals surface area contributed by atoms with Crippen LogP contribution in [-0.4, -0.2) is 6.03 Å². The predicted molar refractivity (Wildman–Crippen MR) is 78.0 cm³/mol. The summed E-state index contributed by atoms with van der Waals surface area (Å²) < 4.78 is 0. The van der Waals surface area contributed by atoms with E-state index in [1.165, 1.54) is 18.2 Å². The van der Waals surface area contributed by atoms with Gasteiger partial charge in [0.1, 0.15) is 0 Å². The fourth-order valence-electron chi connectivity index (χ4n) is 1.98. The Hall–Kier alpha value is -2.29. The number of benzene rings is 2. The van der Waals surface area contributed by atoms with Gasteiger partial charge in [-0.3, -0.25) is 0 Å². The van der Waals surface area contributed by atoms with Crippen LogP contribution in [0.4, 0.5) is 10.5 Å². The third kappa shape index (κ3) is 3.13. The van der Waals surface area contributed by atoms with Crippen molar-refractivity contribution in [1.29, 1.82) is 0 Å². The quantitative estimate of drug-likeness (QED) is 0.855. The van der Waals surface area contributed by atoms with E-state index in [-0.39, 0.29) is 6.03 Å². The van der Waals surface area contributed by atoms with Gasteiger partial charge in [0.2, 0.25) is 0 Å². The molecule has 2 aromatic rings. The molecule has 1 fully saturated rings. The third-order valence-corrected chi connectivity index (χ3v) is 3.21. The van der Waals surface area contributed by atoms with Crippen molar-refractivity contribution in [2.75, 3.05) is 5.32 Å². The zero-order valence-corrected chi connectivity index (χ0v) is 10.6. The number of anilines is 1. The number of carbonyl (C=O) groups excluding carboxylic acids is 1. The second kappa shape index (κ2) is 5.14. The van der Waals surface area contributed by atoms with Gasteiger partial charge in [0.15, 0.2) is 0 Å². The summed E-state index contributed by atoms with van der Waals surface area (Å²) in [5.74, 6) is 0.668. The first-order valence-corrected chi connectivity index (χ1v) is 6.54. The minimum atomic E-state index is -0.202. The Morgan fingerprint density at radius 3 is 2.68 bits per heavy atom. The average molecular weight is 252 g/mol. The minimum absolute atomic E-state index is 0.202. The van der Waals surface area contributed by atoms with Crippen molar-refractivity contribution in [3.05, 3.63) is 54.7 Å². The van der Waals surface area contributed by atoms with Gasteiger partial charge in [-0.1, -0.05) is 36.4 Å². The molecule has 3 rings (SSSR count). The highest BCUT2D eigenvalue weighted by Gasteiger charge is 2.17. The van der Waals surface area contributed by atoms with E-state index in [2.05, 4.69) is 16.7 Å². The summed E-state index contributed by atoms with van der Waals surface area (Å²) in [4.78, 5) is 11.7. The number of urea groups is 1. The Morgan fingerprint density at radius 1 is 1.11 bits per heavy atom. The fraction of sp³-hybridized carbons (Fsp3) is 0.188. The van der Waals surface area contributed by atoms with Gasteiger partial charge in [0.05, 0.1) is 0 Å². The van der Waals surface area contributed by atoms with Crippen LogP contribution in [0.15, 0.2) is 54.7 Å². The summed E-state index contributed by atoms with van der Waals surface area (Å²) in [6, 6.07) is 13.8. The van der Waals surface area contributed by atoms with Crippen molar-refractivity contribution >= 4 is 22.5 Å². The molecular weight excluding hydrogens is 236 g/mol. The molecule has 0 aromatic heterocycles. The minimum Gasteiger partial charge on any atom is -0.315 e. The zero-order chi connectivity index (χ0) is 13.1. The van der Waals surface area contributed by atoms with E-state index in [1.807, 2.05) is 42.5 Å². The monoisotopic (exact) mass is 252 g/mol. The van der Waals surface area contributed by atoms with Crippen molar-refractivity contribution < 1.29 is 4.79 Å². The molecule has 1 aliphatic rings. The van der Waals surface area contributed by atoms with Crippen LogP contribution in [0.5, 0.6) is 0 Å². The van der Waals surface area contributed by atoms with Crippen molar-refractivity contribution in [1.82, 2.24) is 5.32 Å². The smallest absolute Gasteiger partial charge is 0.315 e. The number of carbonyl (C=O) groups is 1. The molecule has 0 saturated heterocycles. The second-order valence-corrected chi connectivity index (χ2v) is 4.86. The third-order valence-electron chi connectivity index (χ3n) is 3.21. The second-order valence-electron chi connectivity index (χ2n) is 4.86. The normalized spacial score (nSPS) is 14.7. The van der Waals surface area contributed by atoms with E-state index in [9.17, 15) is 4.79 Å². The zero-order valence-electron chi connectivity index (χ0n) is 10.6. The molecule has 96 valence electrons. The molecule has 0 atom stereocenters. The number of allylic oxidation sites excluding steroid dienone is 1. The van der Waals surface area contributed by atoms with Crippen LogP contribution in [0.1, 0.15) is 12.8 Å². The Kier molecular flexibility index (Phi) is 3.19. The molecule has 0 heterocycles. The van der Waals surface area contributed by atoms with E-state index in [0.717, 1.165) is 11.1 Å². The number of nitrogens with one attached hydrogen (secondary N) is 2. The van der Waals surface area contributed by atoms with E-state index >= 15 is 0 Å². The molecule has 0 unspecified atom stereocenters. The highest BCUT2D eigenvalue weighted by molar-refractivity contribution is 5.93. The number of fused-ring (bicyclic) bond motifs is 1. The number of rotatable bonds is 3. The first-order chi connectivity index (χ1) is 9.31. The summed E-state index contributed by atoms with van der Waals surface area (Å²) in [5.41, 5.74) is 0.802. The molecule has 19 heavy (non-hydrogen) atoms. The summed E-state index contributed by atoms with van der Waals surface area (Å²) in [6.07, 6.45) is 6.25. The Morgan fingerprint density at radius 2 is 1.89 bits per heavy atom. The number of hydrogen-bond acceptors (Lipinski definition) is 1. The van der Waals surface area contributed by atoms with Crippen LogP contribution < -0.4 is 10.6 Å². The van der Waals surface area contributed by atoms with E-state index in [4.69, 9.17) is 0 Å². The molecule has 3 nitrogen and oxygen atoms in total. The average Bonchev–Trinajstić information content (AvgIpc) is 3.23. The molecule has 2 amide bonds. The van der Waals surface area contributed by atoms with Gasteiger partial charge in [0, 0.05) is 11.9 Å². The van der Waals surface area contributed by atoms with Crippen molar-refractivity contribution in [3.63, 3.8) is 0 Å². The highest BCUT2D eigenvalue weighted by atomic mass is 16.2. The SMILES string of the molecule is O=C(N/C=C/C1CC1)Nc1ccc2ccccc2c1. The first-order valence-electron chi connectivity index (χ1n) is 6.54. The largest absolute Gasteiger partial charge is 0.323 e. The van der Waals surface area contributed by atoms with Crippen LogP contribution in [0.3, 0.4) is 0 Å². The lowest BCUT2D eigenvalue weighted by Crippen LogP contribution is -2.23. The molecule has 0 spiro atoms. The van der Waals surface area contributed by atoms with Crippen LogP contribution >= 0.6 is 0 Å². The topological polar surface area (TPSA) is 41.1 Å². The highest BCUT2D eigenvalue weighted by Crippen LogP contribution is 2.29. The Labute approximate surface area is 112 Å². The lowest BCUT2D eigenvalue weighted by molar-refractivity contribution is 0.255. The van der Waals surface area contributed by atoms with Crippen LogP contribution in [0, 0.1) is 5.92 Å². The first kappa shape index (κ1) is 11.8. The molecule has 1 saturated carbocycles. The lowest BCUT2D eigenvalue weighted by Gasteiger charge is -2.06. The molecule has 2 aromatic carbocycles. The molecule has 1 aliphatic carbocycles. The van der Waals surface area contributed by atoms with E-state index in [1.54, 1.807) is 6.20 Å². The molecule has 0 bridgehead atoms. The van der Waals surface area contributed by atoms with Crippen LogP contribution in [0.25, 0.3) is 10.8 Å². The standard InChI is InChI=1S/C16H16N2O/c19-16(17-10-9-12-5-6-12)18-15-8-7-13-3-1-2-4-14(13)11-15/h1-4,7-12H,5-6H2,(H2,17,18,19)/b10-9+. The van der Waals surface area contributed by atoms with E-state index < -0.39 is 0 Å². The molecule has 3 heteroatoms. The van der Waals surface area contributed by atoms with Gasteiger partial charge >= 0.3 is 6.03 Å². The van der Waals surface area contributed by atoms with E-state index in [0.29, 0.717) is 5.92 Å². The van der Waals surface area contributed by atoms with Gasteiger partial charge in [-0.25, -0.2) is 4.79 Å². The number of amides is 2. The van der Waals surface area contributed by atoms with Gasteiger partial charge in [-0.2, -0.15) is 0 Å². The maximum absolute atomic E-state index is 11.7. The fourth-order valence-corrected chi connectivity index (χ4v) is 1.98. The Bertz CT molecular complexity index is 629. The summed E-state index contributed by atoms with van der Waals surface area (Å²) in [6.45, 7) is 0. The van der Waals surface area contributed by atoms with Crippen LogP contribution in [-0.2, 0) is 0 Å². The Balaban J connectivity index is 1.64. The van der Waals surface area contributed by atoms with Crippen molar-refractivity contribution in [3.8, 4) is 0 Å². The maximum Gasteiger partial charge on any atom is 0.323 e. The van der Waals surface area contributed by atoms with Gasteiger partial charge in [0.25, 0.3) is 0 Å². The van der Waals surface area contributed by atoms with Gasteiger partial charge in [-0.15, -0.1) is 0 Å². The lowest BCUT2D eigenvalue weighted by atomic mass is 10.1.